The molecule has 0 aliphatic heterocycles. The van der Waals surface area contributed by atoms with Crippen LogP contribution in [0.5, 0.6) is 5.75 Å². The number of methoxy groups -OCH3 is 1. The molecule has 22 heavy (non-hydrogen) atoms. The number of aromatic nitrogens is 2. The number of carbonyl (C=O) groups is 1. The number of nitrogens with zero attached hydrogens (tertiary/aromatic N) is 2. The molecule has 1 aromatic carbocycles. The Labute approximate surface area is 129 Å². The number of carbonyl (C=O) groups excluding carboxylic acids is 1. The average molecular weight is 300 g/mol. The lowest BCUT2D eigenvalue weighted by atomic mass is 10.2. The van der Waals surface area contributed by atoms with Crippen molar-refractivity contribution in [1.29, 1.82) is 0 Å². The number of hydrogen-bond donors (Lipinski definition) is 2. The highest BCUT2D eigenvalue weighted by Crippen LogP contribution is 2.27. The van der Waals surface area contributed by atoms with Gasteiger partial charge in [0.25, 0.3) is 0 Å². The molecule has 116 valence electrons. The molecule has 0 unspecified atom stereocenters. The normalized spacial score (nSPS) is 13.9. The smallest absolute Gasteiger partial charge is 0.239 e. The van der Waals surface area contributed by atoms with Gasteiger partial charge in [-0.2, -0.15) is 0 Å². The van der Waals surface area contributed by atoms with E-state index in [1.54, 1.807) is 7.11 Å². The van der Waals surface area contributed by atoms with Crippen molar-refractivity contribution in [2.24, 2.45) is 5.92 Å². The van der Waals surface area contributed by atoms with Crippen LogP contribution in [0.25, 0.3) is 11.0 Å². The molecule has 2 aromatic rings. The van der Waals surface area contributed by atoms with Crippen molar-refractivity contribution < 1.29 is 9.53 Å². The van der Waals surface area contributed by atoms with Crippen LogP contribution >= 0.6 is 0 Å². The molecular weight excluding hydrogens is 280 g/mol. The monoisotopic (exact) mass is 300 g/mol. The van der Waals surface area contributed by atoms with Gasteiger partial charge in [0.15, 0.2) is 0 Å². The van der Waals surface area contributed by atoms with Gasteiger partial charge in [0.1, 0.15) is 11.6 Å². The van der Waals surface area contributed by atoms with Crippen LogP contribution in [0.2, 0.25) is 0 Å². The number of benzene rings is 1. The Balaban J connectivity index is 1.67. The summed E-state index contributed by atoms with van der Waals surface area (Å²) >= 11 is 0. The first-order chi connectivity index (χ1) is 10.7. The fraction of sp³-hybridized carbons (Fsp3) is 0.438. The highest BCUT2D eigenvalue weighted by molar-refractivity contribution is 5.82. The maximum atomic E-state index is 11.8. The predicted octanol–water partition coefficient (Wildman–Crippen LogP) is 1.88. The van der Waals surface area contributed by atoms with Crippen LogP contribution in [0.1, 0.15) is 18.5 Å². The number of ether oxygens (including phenoxy) is 1. The molecule has 0 radical (unpaired) electrons. The molecule has 1 amide bonds. The van der Waals surface area contributed by atoms with E-state index in [4.69, 9.17) is 4.74 Å². The van der Waals surface area contributed by atoms with Crippen molar-refractivity contribution >= 4 is 22.8 Å². The number of amides is 1. The molecule has 6 nitrogen and oxygen atoms in total. The van der Waals surface area contributed by atoms with Crippen molar-refractivity contribution in [3.8, 4) is 5.75 Å². The van der Waals surface area contributed by atoms with Crippen molar-refractivity contribution in [3.05, 3.63) is 23.9 Å². The third-order valence-corrected chi connectivity index (χ3v) is 3.75. The lowest BCUT2D eigenvalue weighted by Crippen LogP contribution is -2.31. The van der Waals surface area contributed by atoms with Gasteiger partial charge in [-0.3, -0.25) is 4.79 Å². The third-order valence-electron chi connectivity index (χ3n) is 3.75. The first-order valence-corrected chi connectivity index (χ1v) is 7.48. The highest BCUT2D eigenvalue weighted by atomic mass is 16.5. The number of rotatable bonds is 6. The van der Waals surface area contributed by atoms with E-state index in [1.807, 2.05) is 25.1 Å². The summed E-state index contributed by atoms with van der Waals surface area (Å²) < 4.78 is 5.19. The molecule has 2 N–H and O–H groups in total. The van der Waals surface area contributed by atoms with E-state index in [9.17, 15) is 4.79 Å². The first-order valence-electron chi connectivity index (χ1n) is 7.48. The Hall–Kier alpha value is -2.37. The van der Waals surface area contributed by atoms with Gasteiger partial charge < -0.3 is 15.4 Å². The van der Waals surface area contributed by atoms with Gasteiger partial charge in [-0.1, -0.05) is 0 Å². The van der Waals surface area contributed by atoms with Crippen LogP contribution in [0.3, 0.4) is 0 Å². The Kier molecular flexibility index (Phi) is 4.09. The topological polar surface area (TPSA) is 76.1 Å². The number of anilines is 1. The maximum Gasteiger partial charge on any atom is 0.239 e. The second-order valence-electron chi connectivity index (χ2n) is 5.61. The number of nitrogens with one attached hydrogen (secondary N) is 2. The van der Waals surface area contributed by atoms with Gasteiger partial charge in [0.05, 0.1) is 30.4 Å². The van der Waals surface area contributed by atoms with Crippen molar-refractivity contribution in [2.45, 2.75) is 19.8 Å². The molecule has 0 bridgehead atoms. The van der Waals surface area contributed by atoms with E-state index in [0.29, 0.717) is 11.7 Å². The molecule has 1 fully saturated rings. The van der Waals surface area contributed by atoms with Crippen molar-refractivity contribution in [3.63, 3.8) is 0 Å². The predicted molar refractivity (Wildman–Crippen MR) is 85.1 cm³/mol. The van der Waals surface area contributed by atoms with Crippen molar-refractivity contribution in [1.82, 2.24) is 15.3 Å². The van der Waals surface area contributed by atoms with E-state index < -0.39 is 0 Å². The van der Waals surface area contributed by atoms with Gasteiger partial charge in [0.2, 0.25) is 5.91 Å². The number of hydrogen-bond acceptors (Lipinski definition) is 5. The zero-order chi connectivity index (χ0) is 15.5. The lowest BCUT2D eigenvalue weighted by Gasteiger charge is -2.10. The minimum atomic E-state index is -0.0112. The molecule has 1 heterocycles. The fourth-order valence-corrected chi connectivity index (χ4v) is 2.22. The van der Waals surface area contributed by atoms with Gasteiger partial charge >= 0.3 is 0 Å². The summed E-state index contributed by atoms with van der Waals surface area (Å²) in [5.41, 5.74) is 2.31. The summed E-state index contributed by atoms with van der Waals surface area (Å²) in [6.45, 7) is 2.86. The largest absolute Gasteiger partial charge is 0.497 e. The molecule has 6 heteroatoms. The van der Waals surface area contributed by atoms with Crippen LogP contribution in [0.15, 0.2) is 18.2 Å². The van der Waals surface area contributed by atoms with Crippen LogP contribution < -0.4 is 15.4 Å². The van der Waals surface area contributed by atoms with Crippen LogP contribution in [-0.4, -0.2) is 36.1 Å². The van der Waals surface area contributed by atoms with E-state index in [1.165, 1.54) is 12.8 Å². The quantitative estimate of drug-likeness (QED) is 0.852. The summed E-state index contributed by atoms with van der Waals surface area (Å²) in [5.74, 6) is 2.06. The van der Waals surface area contributed by atoms with Gasteiger partial charge in [-0.25, -0.2) is 9.97 Å². The zero-order valence-electron chi connectivity index (χ0n) is 12.8. The van der Waals surface area contributed by atoms with Gasteiger partial charge in [-0.15, -0.1) is 0 Å². The molecule has 1 saturated carbocycles. The zero-order valence-corrected chi connectivity index (χ0v) is 12.8. The average Bonchev–Trinajstić information content (AvgIpc) is 3.34. The summed E-state index contributed by atoms with van der Waals surface area (Å²) in [6.07, 6.45) is 2.46. The SMILES string of the molecule is COc1ccc2nc(NCC(=O)NCC3CC3)c(C)nc2c1. The number of aryl methyl sites for hydroxylation is 1. The third kappa shape index (κ3) is 3.44. The van der Waals surface area contributed by atoms with Crippen molar-refractivity contribution in [2.75, 3.05) is 25.5 Å². The Bertz CT molecular complexity index is 698. The van der Waals surface area contributed by atoms with E-state index in [2.05, 4.69) is 20.6 Å². The van der Waals surface area contributed by atoms with E-state index in [-0.39, 0.29) is 12.5 Å². The summed E-state index contributed by atoms with van der Waals surface area (Å²) in [4.78, 5) is 20.8. The summed E-state index contributed by atoms with van der Waals surface area (Å²) in [5, 5.41) is 5.98. The lowest BCUT2D eigenvalue weighted by molar-refractivity contribution is -0.119. The van der Waals surface area contributed by atoms with Crippen LogP contribution in [0.4, 0.5) is 5.82 Å². The van der Waals surface area contributed by atoms with Crippen LogP contribution in [-0.2, 0) is 4.79 Å². The Morgan fingerprint density at radius 2 is 2.14 bits per heavy atom. The van der Waals surface area contributed by atoms with Crippen LogP contribution in [0, 0.1) is 12.8 Å². The second-order valence-corrected chi connectivity index (χ2v) is 5.61. The van der Waals surface area contributed by atoms with Gasteiger partial charge in [-0.05, 0) is 37.8 Å². The molecule has 0 saturated heterocycles. The summed E-state index contributed by atoms with van der Waals surface area (Å²) in [6, 6.07) is 5.55. The molecule has 3 rings (SSSR count). The fourth-order valence-electron chi connectivity index (χ4n) is 2.22. The second kappa shape index (κ2) is 6.17. The van der Waals surface area contributed by atoms with E-state index >= 15 is 0 Å². The van der Waals surface area contributed by atoms with Gasteiger partial charge in [0, 0.05) is 12.6 Å². The molecule has 0 atom stereocenters. The standard InChI is InChI=1S/C16H20N4O2/c1-10-16(18-9-15(21)17-8-11-3-4-11)20-13-6-5-12(22-2)7-14(13)19-10/h5-7,11H,3-4,8-9H2,1-2H3,(H,17,21)(H,18,20). The summed E-state index contributed by atoms with van der Waals surface area (Å²) in [7, 11) is 1.62. The Morgan fingerprint density at radius 3 is 2.86 bits per heavy atom. The molecule has 1 aliphatic carbocycles. The number of fused-ring (bicyclic) bond motifs is 1. The maximum absolute atomic E-state index is 11.8. The molecule has 1 aliphatic rings. The molecule has 1 aromatic heterocycles. The Morgan fingerprint density at radius 1 is 1.32 bits per heavy atom. The molecular formula is C16H20N4O2. The molecule has 0 spiro atoms. The minimum Gasteiger partial charge on any atom is -0.497 e. The van der Waals surface area contributed by atoms with E-state index in [0.717, 1.165) is 29.0 Å². The first kappa shape index (κ1) is 14.6. The minimum absolute atomic E-state index is 0.0112. The highest BCUT2D eigenvalue weighted by Gasteiger charge is 2.21.